The van der Waals surface area contributed by atoms with Crippen LogP contribution in [0.1, 0.15) is 17.2 Å². The first-order chi connectivity index (χ1) is 7.84. The number of aliphatic hydroxyl groups is 2. The van der Waals surface area contributed by atoms with Gasteiger partial charge in [-0.3, -0.25) is 14.9 Å². The Balaban J connectivity index is 3.16. The summed E-state index contributed by atoms with van der Waals surface area (Å²) in [6.07, 6.45) is -3.37. The molecule has 0 aliphatic heterocycles. The quantitative estimate of drug-likeness (QED) is 0.495. The summed E-state index contributed by atoms with van der Waals surface area (Å²) in [5.74, 6) is -1.09. The molecule has 0 spiro atoms. The molecule has 1 aromatic carbocycles. The van der Waals surface area contributed by atoms with Crippen LogP contribution in [0.5, 0.6) is 0 Å². The summed E-state index contributed by atoms with van der Waals surface area (Å²) in [5, 5.41) is 29.5. The van der Waals surface area contributed by atoms with E-state index in [1.807, 2.05) is 0 Å². The molecule has 0 heterocycles. The minimum atomic E-state index is -1.80. The number of carbonyl (C=O) groups is 1. The number of aryl methyl sites for hydroxylation is 1. The van der Waals surface area contributed by atoms with Crippen molar-refractivity contribution in [3.05, 3.63) is 39.4 Å². The van der Waals surface area contributed by atoms with E-state index in [-0.39, 0.29) is 11.3 Å². The third kappa shape index (κ3) is 2.77. The lowest BCUT2D eigenvalue weighted by molar-refractivity contribution is -0.385. The van der Waals surface area contributed by atoms with Crippen LogP contribution in [0.3, 0.4) is 0 Å². The zero-order chi connectivity index (χ0) is 13.2. The smallest absolute Gasteiger partial charge is 0.269 e. The number of nitro groups is 1. The van der Waals surface area contributed by atoms with Gasteiger partial charge in [-0.2, -0.15) is 0 Å². The number of primary amides is 1. The minimum absolute atomic E-state index is 0.102. The molecule has 0 radical (unpaired) electrons. The van der Waals surface area contributed by atoms with Crippen LogP contribution >= 0.6 is 0 Å². The van der Waals surface area contributed by atoms with E-state index in [1.165, 1.54) is 12.1 Å². The molecule has 92 valence electrons. The monoisotopic (exact) mass is 240 g/mol. The van der Waals surface area contributed by atoms with Crippen molar-refractivity contribution in [3.8, 4) is 0 Å². The van der Waals surface area contributed by atoms with Crippen molar-refractivity contribution < 1.29 is 19.9 Å². The Morgan fingerprint density at radius 1 is 1.47 bits per heavy atom. The van der Waals surface area contributed by atoms with E-state index in [0.717, 1.165) is 6.07 Å². The van der Waals surface area contributed by atoms with E-state index >= 15 is 0 Å². The fourth-order valence-corrected chi connectivity index (χ4v) is 1.39. The number of amides is 1. The highest BCUT2D eigenvalue weighted by molar-refractivity contribution is 5.79. The molecule has 7 heteroatoms. The van der Waals surface area contributed by atoms with Crippen LogP contribution in [0.15, 0.2) is 18.2 Å². The average Bonchev–Trinajstić information content (AvgIpc) is 2.27. The number of nitro benzene ring substituents is 1. The maximum Gasteiger partial charge on any atom is 0.269 e. The number of hydrogen-bond donors (Lipinski definition) is 3. The molecule has 0 saturated carbocycles. The van der Waals surface area contributed by atoms with E-state index in [2.05, 4.69) is 0 Å². The van der Waals surface area contributed by atoms with Gasteiger partial charge in [0.15, 0.2) is 6.10 Å². The van der Waals surface area contributed by atoms with Crippen molar-refractivity contribution in [3.63, 3.8) is 0 Å². The Kier molecular flexibility index (Phi) is 3.77. The van der Waals surface area contributed by atoms with E-state index in [9.17, 15) is 25.1 Å². The van der Waals surface area contributed by atoms with E-state index in [4.69, 9.17) is 5.73 Å². The number of carbonyl (C=O) groups excluding carboxylic acids is 1. The number of nitrogens with zero attached hydrogens (tertiary/aromatic N) is 1. The maximum absolute atomic E-state index is 10.7. The highest BCUT2D eigenvalue weighted by Crippen LogP contribution is 2.25. The van der Waals surface area contributed by atoms with Crippen molar-refractivity contribution in [1.29, 1.82) is 0 Å². The lowest BCUT2D eigenvalue weighted by Crippen LogP contribution is -2.34. The molecular formula is C10H12N2O5. The van der Waals surface area contributed by atoms with Crippen LogP contribution in [0.25, 0.3) is 0 Å². The third-order valence-electron chi connectivity index (χ3n) is 2.38. The van der Waals surface area contributed by atoms with Gasteiger partial charge in [0.1, 0.15) is 6.10 Å². The fourth-order valence-electron chi connectivity index (χ4n) is 1.39. The molecule has 7 nitrogen and oxygen atoms in total. The number of hydrogen-bond acceptors (Lipinski definition) is 5. The Morgan fingerprint density at radius 2 is 2.06 bits per heavy atom. The number of rotatable bonds is 4. The largest absolute Gasteiger partial charge is 0.385 e. The van der Waals surface area contributed by atoms with Gasteiger partial charge in [0.2, 0.25) is 5.91 Å². The van der Waals surface area contributed by atoms with Gasteiger partial charge >= 0.3 is 0 Å². The topological polar surface area (TPSA) is 127 Å². The molecule has 0 fully saturated rings. The summed E-state index contributed by atoms with van der Waals surface area (Å²) >= 11 is 0. The number of benzene rings is 1. The molecule has 0 aromatic heterocycles. The van der Waals surface area contributed by atoms with Gasteiger partial charge in [0.05, 0.1) is 4.92 Å². The Labute approximate surface area is 96.6 Å². The summed E-state index contributed by atoms with van der Waals surface area (Å²) in [4.78, 5) is 20.7. The van der Waals surface area contributed by atoms with Gasteiger partial charge in [-0.25, -0.2) is 0 Å². The van der Waals surface area contributed by atoms with Crippen molar-refractivity contribution in [1.82, 2.24) is 0 Å². The molecule has 0 saturated heterocycles. The fraction of sp³-hybridized carbons (Fsp3) is 0.300. The second kappa shape index (κ2) is 4.89. The van der Waals surface area contributed by atoms with Gasteiger partial charge in [0, 0.05) is 12.1 Å². The zero-order valence-corrected chi connectivity index (χ0v) is 9.03. The highest BCUT2D eigenvalue weighted by Gasteiger charge is 2.26. The lowest BCUT2D eigenvalue weighted by Gasteiger charge is -2.16. The summed E-state index contributed by atoms with van der Waals surface area (Å²) in [7, 11) is 0. The normalized spacial score (nSPS) is 14.1. The molecule has 0 aliphatic carbocycles. The molecule has 1 amide bonds. The van der Waals surface area contributed by atoms with Crippen molar-refractivity contribution in [2.45, 2.75) is 19.1 Å². The molecule has 4 N–H and O–H groups in total. The van der Waals surface area contributed by atoms with Crippen LogP contribution in [0, 0.1) is 17.0 Å². The van der Waals surface area contributed by atoms with Gasteiger partial charge in [0.25, 0.3) is 5.69 Å². The summed E-state index contributed by atoms with van der Waals surface area (Å²) in [6, 6.07) is 3.79. The van der Waals surface area contributed by atoms with Crippen molar-refractivity contribution in [2.75, 3.05) is 0 Å². The van der Waals surface area contributed by atoms with Crippen LogP contribution in [-0.4, -0.2) is 27.1 Å². The number of non-ortho nitro benzene ring substituents is 1. The summed E-state index contributed by atoms with van der Waals surface area (Å²) in [6.45, 7) is 1.59. The number of nitrogens with two attached hydrogens (primary N) is 1. The Hall–Kier alpha value is -1.99. The second-order valence-electron chi connectivity index (χ2n) is 3.59. The Morgan fingerprint density at radius 3 is 2.53 bits per heavy atom. The minimum Gasteiger partial charge on any atom is -0.385 e. The summed E-state index contributed by atoms with van der Waals surface area (Å²) < 4.78 is 0. The third-order valence-corrected chi connectivity index (χ3v) is 2.38. The van der Waals surface area contributed by atoms with Crippen LogP contribution in [0.4, 0.5) is 5.69 Å². The summed E-state index contributed by atoms with van der Waals surface area (Å²) in [5.41, 5.74) is 5.22. The predicted octanol–water partition coefficient (Wildman–Crippen LogP) is -0.217. The molecular weight excluding hydrogens is 228 g/mol. The van der Waals surface area contributed by atoms with Crippen LogP contribution in [-0.2, 0) is 4.79 Å². The predicted molar refractivity (Wildman–Crippen MR) is 58.0 cm³/mol. The van der Waals surface area contributed by atoms with E-state index in [0.29, 0.717) is 5.56 Å². The van der Waals surface area contributed by atoms with E-state index < -0.39 is 23.0 Å². The molecule has 2 atom stereocenters. The van der Waals surface area contributed by atoms with Gasteiger partial charge in [-0.1, -0.05) is 6.07 Å². The van der Waals surface area contributed by atoms with Gasteiger partial charge in [-0.15, -0.1) is 0 Å². The van der Waals surface area contributed by atoms with Crippen LogP contribution in [0.2, 0.25) is 0 Å². The van der Waals surface area contributed by atoms with Crippen molar-refractivity contribution in [2.24, 2.45) is 5.73 Å². The molecule has 0 aliphatic rings. The first-order valence-electron chi connectivity index (χ1n) is 4.75. The van der Waals surface area contributed by atoms with Crippen molar-refractivity contribution >= 4 is 11.6 Å². The highest BCUT2D eigenvalue weighted by atomic mass is 16.6. The second-order valence-corrected chi connectivity index (χ2v) is 3.59. The molecule has 17 heavy (non-hydrogen) atoms. The average molecular weight is 240 g/mol. The first-order valence-corrected chi connectivity index (χ1v) is 4.75. The standard InChI is InChI=1S/C10H12N2O5/c1-5-2-3-6(12(16)17)4-7(5)8(13)9(14)10(11)15/h2-4,8-9,13-14H,1H3,(H2,11,15). The molecule has 1 aromatic rings. The first kappa shape index (κ1) is 13.1. The molecule has 2 unspecified atom stereocenters. The molecule has 0 bridgehead atoms. The SMILES string of the molecule is Cc1ccc([N+](=O)[O-])cc1C(O)C(O)C(N)=O. The Bertz CT molecular complexity index is 460. The van der Waals surface area contributed by atoms with Gasteiger partial charge in [-0.05, 0) is 18.1 Å². The van der Waals surface area contributed by atoms with E-state index in [1.54, 1.807) is 6.92 Å². The van der Waals surface area contributed by atoms with Crippen LogP contribution < -0.4 is 5.73 Å². The maximum atomic E-state index is 10.7. The van der Waals surface area contributed by atoms with Gasteiger partial charge < -0.3 is 15.9 Å². The molecule has 1 rings (SSSR count). The number of aliphatic hydroxyl groups excluding tert-OH is 2. The lowest BCUT2D eigenvalue weighted by atomic mass is 9.98. The zero-order valence-electron chi connectivity index (χ0n) is 9.03.